The van der Waals surface area contributed by atoms with Gasteiger partial charge in [0.05, 0.1) is 5.92 Å². The highest BCUT2D eigenvalue weighted by molar-refractivity contribution is 5.69. The third kappa shape index (κ3) is 4.76. The smallest absolute Gasteiger partial charge is 0.407 e. The zero-order valence-corrected chi connectivity index (χ0v) is 11.6. The third-order valence-corrected chi connectivity index (χ3v) is 3.07. The Hall–Kier alpha value is -2.62. The molecule has 4 heteroatoms. The van der Waals surface area contributed by atoms with Crippen molar-refractivity contribution in [3.05, 3.63) is 71.8 Å². The normalized spacial score (nSPS) is 11.4. The summed E-state index contributed by atoms with van der Waals surface area (Å²) in [6.45, 7) is 0.435. The minimum Gasteiger partial charge on any atom is -0.445 e. The molecule has 2 aromatic carbocycles. The topological polar surface area (TPSA) is 55.4 Å². The van der Waals surface area contributed by atoms with Gasteiger partial charge in [-0.05, 0) is 11.1 Å². The molecule has 0 aliphatic rings. The van der Waals surface area contributed by atoms with Crippen LogP contribution in [0.1, 0.15) is 17.0 Å². The summed E-state index contributed by atoms with van der Waals surface area (Å²) < 4.78 is 5.09. The van der Waals surface area contributed by atoms with Crippen molar-refractivity contribution in [3.63, 3.8) is 0 Å². The Morgan fingerprint density at radius 1 is 1.05 bits per heavy atom. The summed E-state index contributed by atoms with van der Waals surface area (Å²) in [5.74, 6) is -0.365. The second-order valence-electron chi connectivity index (χ2n) is 4.60. The molecule has 0 aromatic heterocycles. The highest BCUT2D eigenvalue weighted by atomic mass is 16.5. The van der Waals surface area contributed by atoms with Crippen LogP contribution in [0.25, 0.3) is 0 Å². The van der Waals surface area contributed by atoms with Gasteiger partial charge in [0, 0.05) is 6.54 Å². The number of carbonyl (C=O) groups excluding carboxylic acids is 2. The van der Waals surface area contributed by atoms with Gasteiger partial charge < -0.3 is 14.8 Å². The second-order valence-corrected chi connectivity index (χ2v) is 4.60. The average Bonchev–Trinajstić information content (AvgIpc) is 2.55. The largest absolute Gasteiger partial charge is 0.445 e. The summed E-state index contributed by atoms with van der Waals surface area (Å²) in [6.07, 6.45) is 0.300. The summed E-state index contributed by atoms with van der Waals surface area (Å²) in [4.78, 5) is 22.7. The van der Waals surface area contributed by atoms with E-state index in [1.165, 1.54) is 0 Å². The molecule has 1 amide bonds. The quantitative estimate of drug-likeness (QED) is 0.829. The van der Waals surface area contributed by atoms with E-state index in [0.717, 1.165) is 17.4 Å². The van der Waals surface area contributed by atoms with Gasteiger partial charge in [-0.1, -0.05) is 60.7 Å². The van der Waals surface area contributed by atoms with Crippen molar-refractivity contribution >= 4 is 12.4 Å². The fourth-order valence-electron chi connectivity index (χ4n) is 1.91. The molecule has 0 aliphatic carbocycles. The lowest BCUT2D eigenvalue weighted by Crippen LogP contribution is -2.29. The summed E-state index contributed by atoms with van der Waals surface area (Å²) in [7, 11) is 0. The molecular weight excluding hydrogens is 266 g/mol. The van der Waals surface area contributed by atoms with Crippen molar-refractivity contribution in [2.45, 2.75) is 12.5 Å². The summed E-state index contributed by atoms with van der Waals surface area (Å²) in [5.41, 5.74) is 1.79. The van der Waals surface area contributed by atoms with Crippen molar-refractivity contribution in [2.24, 2.45) is 0 Å². The highest BCUT2D eigenvalue weighted by Crippen LogP contribution is 2.11. The monoisotopic (exact) mass is 283 g/mol. The van der Waals surface area contributed by atoms with Crippen molar-refractivity contribution in [1.29, 1.82) is 0 Å². The summed E-state index contributed by atoms with van der Waals surface area (Å²) in [6, 6.07) is 18.7. The van der Waals surface area contributed by atoms with Gasteiger partial charge in [-0.3, -0.25) is 0 Å². The summed E-state index contributed by atoms with van der Waals surface area (Å²) in [5, 5.41) is 2.61. The van der Waals surface area contributed by atoms with Gasteiger partial charge in [0.25, 0.3) is 0 Å². The molecule has 1 N–H and O–H groups in total. The van der Waals surface area contributed by atoms with E-state index in [4.69, 9.17) is 4.74 Å². The lowest BCUT2D eigenvalue weighted by Gasteiger charge is -2.12. The molecule has 0 heterocycles. The lowest BCUT2D eigenvalue weighted by atomic mass is 10.0. The van der Waals surface area contributed by atoms with Crippen LogP contribution in [0.2, 0.25) is 0 Å². The molecule has 0 spiro atoms. The minimum absolute atomic E-state index is 0.212. The maximum Gasteiger partial charge on any atom is 0.407 e. The fraction of sp³-hybridized carbons (Fsp3) is 0.176. The maximum atomic E-state index is 11.6. The molecule has 0 aliphatic heterocycles. The van der Waals surface area contributed by atoms with E-state index in [0.29, 0.717) is 0 Å². The first-order valence-electron chi connectivity index (χ1n) is 6.74. The number of rotatable bonds is 6. The van der Waals surface area contributed by atoms with Crippen LogP contribution in [-0.2, 0) is 16.1 Å². The maximum absolute atomic E-state index is 11.6. The van der Waals surface area contributed by atoms with Crippen LogP contribution in [0.4, 0.5) is 4.79 Å². The van der Waals surface area contributed by atoms with Gasteiger partial charge in [-0.2, -0.15) is 0 Å². The first kappa shape index (κ1) is 14.8. The van der Waals surface area contributed by atoms with E-state index in [2.05, 4.69) is 5.32 Å². The van der Waals surface area contributed by atoms with E-state index >= 15 is 0 Å². The molecule has 21 heavy (non-hydrogen) atoms. The molecule has 1 atom stereocenters. The van der Waals surface area contributed by atoms with Crippen LogP contribution in [0.3, 0.4) is 0 Å². The van der Waals surface area contributed by atoms with Gasteiger partial charge in [-0.25, -0.2) is 4.79 Å². The Morgan fingerprint density at radius 2 is 1.67 bits per heavy atom. The van der Waals surface area contributed by atoms with E-state index in [1.54, 1.807) is 0 Å². The molecule has 2 aromatic rings. The van der Waals surface area contributed by atoms with Gasteiger partial charge >= 0.3 is 6.09 Å². The third-order valence-electron chi connectivity index (χ3n) is 3.07. The average molecular weight is 283 g/mol. The molecule has 0 fully saturated rings. The van der Waals surface area contributed by atoms with Crippen LogP contribution in [-0.4, -0.2) is 18.9 Å². The molecule has 0 saturated carbocycles. The van der Waals surface area contributed by atoms with Crippen LogP contribution >= 0.6 is 0 Å². The van der Waals surface area contributed by atoms with Crippen LogP contribution in [0.15, 0.2) is 60.7 Å². The van der Waals surface area contributed by atoms with Crippen molar-refractivity contribution in [2.75, 3.05) is 6.54 Å². The number of amides is 1. The highest BCUT2D eigenvalue weighted by Gasteiger charge is 2.12. The van der Waals surface area contributed by atoms with E-state index in [1.807, 2.05) is 60.7 Å². The second kappa shape index (κ2) is 7.85. The molecule has 0 saturated heterocycles. The number of aldehydes is 1. The number of carbonyl (C=O) groups is 2. The van der Waals surface area contributed by atoms with Gasteiger partial charge in [-0.15, -0.1) is 0 Å². The first-order valence-corrected chi connectivity index (χ1v) is 6.74. The first-order chi connectivity index (χ1) is 10.3. The molecule has 108 valence electrons. The van der Waals surface area contributed by atoms with Crippen molar-refractivity contribution < 1.29 is 14.3 Å². The van der Waals surface area contributed by atoms with Gasteiger partial charge in [0.15, 0.2) is 0 Å². The number of hydrogen-bond donors (Lipinski definition) is 1. The molecule has 1 unspecified atom stereocenters. The lowest BCUT2D eigenvalue weighted by molar-refractivity contribution is -0.109. The Kier molecular flexibility index (Phi) is 5.52. The summed E-state index contributed by atoms with van der Waals surface area (Å²) >= 11 is 0. The minimum atomic E-state index is -0.526. The number of hydrogen-bond acceptors (Lipinski definition) is 3. The molecule has 2 rings (SSSR count). The Balaban J connectivity index is 1.79. The number of ether oxygens (including phenoxy) is 1. The van der Waals surface area contributed by atoms with Crippen molar-refractivity contribution in [3.8, 4) is 0 Å². The zero-order chi connectivity index (χ0) is 14.9. The molecule has 4 nitrogen and oxygen atoms in total. The number of nitrogens with one attached hydrogen (secondary N) is 1. The number of benzene rings is 2. The van der Waals surface area contributed by atoms with E-state index < -0.39 is 6.09 Å². The standard InChI is InChI=1S/C17H17NO3/c19-12-16(15-9-5-2-6-10-15)11-18-17(20)21-13-14-7-3-1-4-8-14/h1-10,12,16H,11,13H2,(H,18,20). The van der Waals surface area contributed by atoms with Crippen LogP contribution in [0.5, 0.6) is 0 Å². The number of alkyl carbamates (subject to hydrolysis) is 1. The van der Waals surface area contributed by atoms with E-state index in [9.17, 15) is 9.59 Å². The predicted molar refractivity (Wildman–Crippen MR) is 79.9 cm³/mol. The predicted octanol–water partition coefficient (Wildman–Crippen LogP) is 2.90. The van der Waals surface area contributed by atoms with Crippen molar-refractivity contribution in [1.82, 2.24) is 5.32 Å². The van der Waals surface area contributed by atoms with Gasteiger partial charge in [0.1, 0.15) is 12.9 Å². The Bertz CT molecular complexity index is 569. The molecule has 0 bridgehead atoms. The SMILES string of the molecule is O=CC(CNC(=O)OCc1ccccc1)c1ccccc1. The molecular formula is C17H17NO3. The zero-order valence-electron chi connectivity index (χ0n) is 11.6. The fourth-order valence-corrected chi connectivity index (χ4v) is 1.91. The van der Waals surface area contributed by atoms with Gasteiger partial charge in [0.2, 0.25) is 0 Å². The molecule has 0 radical (unpaired) electrons. The Morgan fingerprint density at radius 3 is 2.29 bits per heavy atom. The van der Waals surface area contributed by atoms with Crippen LogP contribution in [0, 0.1) is 0 Å². The Labute approximate surface area is 123 Å². The van der Waals surface area contributed by atoms with E-state index in [-0.39, 0.29) is 19.1 Å². The van der Waals surface area contributed by atoms with Crippen LogP contribution < -0.4 is 5.32 Å².